The van der Waals surface area contributed by atoms with Gasteiger partial charge in [0.15, 0.2) is 5.76 Å². The Balaban J connectivity index is 1.65. The minimum absolute atomic E-state index is 0.0250. The Labute approximate surface area is 268 Å². The minimum Gasteiger partial charge on any atom is -0.506 e. The van der Waals surface area contributed by atoms with Gasteiger partial charge in [0.1, 0.15) is 16.9 Å². The summed E-state index contributed by atoms with van der Waals surface area (Å²) in [5.41, 5.74) is 1.58. The van der Waals surface area contributed by atoms with E-state index in [1.807, 2.05) is 0 Å². The summed E-state index contributed by atoms with van der Waals surface area (Å²) in [5.74, 6) is -2.94. The second-order valence-electron chi connectivity index (χ2n) is 11.0. The number of cyclic esters (lactones) is 1. The smallest absolute Gasteiger partial charge is 0.344 e. The normalized spacial score (nSPS) is 18.1. The van der Waals surface area contributed by atoms with Crippen molar-refractivity contribution in [3.05, 3.63) is 93.7 Å². The van der Waals surface area contributed by atoms with Crippen molar-refractivity contribution >= 4 is 41.0 Å². The first-order valence-corrected chi connectivity index (χ1v) is 15.9. The molecule has 1 amide bonds. The molecule has 240 valence electrons. The minimum atomic E-state index is -0.736. The Bertz CT molecular complexity index is 1670. The highest BCUT2D eigenvalue weighted by molar-refractivity contribution is 6.24. The fraction of sp³-hybridized carbons (Fsp3) is 0.361. The summed E-state index contributed by atoms with van der Waals surface area (Å²) in [5, 5.41) is 11.7. The molecule has 5 rings (SSSR count). The lowest BCUT2D eigenvalue weighted by atomic mass is 9.96. The number of amides is 1. The summed E-state index contributed by atoms with van der Waals surface area (Å²) in [4.78, 5) is 60.2. The molecule has 0 unspecified atom stereocenters. The van der Waals surface area contributed by atoms with Gasteiger partial charge in [-0.3, -0.25) is 9.79 Å². The molecule has 46 heavy (non-hydrogen) atoms. The summed E-state index contributed by atoms with van der Waals surface area (Å²) in [7, 11) is 0. The van der Waals surface area contributed by atoms with Gasteiger partial charge in [-0.05, 0) is 64.5 Å². The highest BCUT2D eigenvalue weighted by Gasteiger charge is 2.37. The Kier molecular flexibility index (Phi) is 10.5. The zero-order valence-corrected chi connectivity index (χ0v) is 26.2. The van der Waals surface area contributed by atoms with Crippen molar-refractivity contribution in [2.24, 2.45) is 4.99 Å². The number of benzene rings is 2. The molecule has 0 radical (unpaired) electrons. The zero-order valence-electron chi connectivity index (χ0n) is 26.2. The maximum atomic E-state index is 14.6. The number of fused-ring (bicyclic) bond motifs is 1. The monoisotopic (exact) mass is 626 g/mol. The molecular weight excluding hydrogens is 588 g/mol. The average molecular weight is 627 g/mol. The molecule has 3 aliphatic rings. The average Bonchev–Trinajstić information content (AvgIpc) is 3.27. The highest BCUT2D eigenvalue weighted by Crippen LogP contribution is 2.38. The molecule has 0 aliphatic carbocycles. The number of nitrogens with zero attached hydrogens (tertiary/aromatic N) is 2. The molecule has 1 N–H and O–H groups in total. The van der Waals surface area contributed by atoms with Crippen LogP contribution in [0.5, 0.6) is 0 Å². The molecule has 0 fully saturated rings. The number of carbonyl (C=O) groups is 4. The van der Waals surface area contributed by atoms with Gasteiger partial charge in [-0.25, -0.2) is 14.4 Å². The van der Waals surface area contributed by atoms with Gasteiger partial charge in [0.25, 0.3) is 5.91 Å². The molecule has 0 aromatic heterocycles. The third kappa shape index (κ3) is 6.66. The van der Waals surface area contributed by atoms with Crippen LogP contribution < -0.4 is 0 Å². The Morgan fingerprint density at radius 2 is 1.57 bits per heavy atom. The van der Waals surface area contributed by atoms with Crippen molar-refractivity contribution in [2.45, 2.75) is 58.8 Å². The van der Waals surface area contributed by atoms with Gasteiger partial charge in [0.05, 0.1) is 35.7 Å². The van der Waals surface area contributed by atoms with Gasteiger partial charge in [0.2, 0.25) is 0 Å². The van der Waals surface area contributed by atoms with Crippen LogP contribution in [0.2, 0.25) is 0 Å². The van der Waals surface area contributed by atoms with Crippen LogP contribution >= 0.6 is 0 Å². The van der Waals surface area contributed by atoms with Crippen molar-refractivity contribution < 1.29 is 38.5 Å². The van der Waals surface area contributed by atoms with Gasteiger partial charge in [-0.15, -0.1) is 0 Å². The molecule has 10 heteroatoms. The molecule has 3 aliphatic heterocycles. The number of rotatable bonds is 8. The van der Waals surface area contributed by atoms with E-state index in [0.29, 0.717) is 42.6 Å². The van der Waals surface area contributed by atoms with Crippen LogP contribution in [-0.4, -0.2) is 65.8 Å². The number of ether oxygens (including phenoxy) is 3. The number of hydrogen-bond acceptors (Lipinski definition) is 9. The van der Waals surface area contributed by atoms with E-state index >= 15 is 0 Å². The Morgan fingerprint density at radius 1 is 0.870 bits per heavy atom. The highest BCUT2D eigenvalue weighted by atomic mass is 16.6. The third-order valence-electron chi connectivity index (χ3n) is 8.05. The van der Waals surface area contributed by atoms with Gasteiger partial charge >= 0.3 is 17.9 Å². The van der Waals surface area contributed by atoms with E-state index in [1.54, 1.807) is 68.5 Å². The lowest BCUT2D eigenvalue weighted by molar-refractivity contribution is -0.139. The molecule has 0 saturated heterocycles. The fourth-order valence-electron chi connectivity index (χ4n) is 5.88. The zero-order chi connectivity index (χ0) is 32.6. The van der Waals surface area contributed by atoms with Crippen molar-refractivity contribution in [3.8, 4) is 0 Å². The number of aliphatic hydroxyl groups is 1. The van der Waals surface area contributed by atoms with Crippen molar-refractivity contribution in [2.75, 3.05) is 26.3 Å². The van der Waals surface area contributed by atoms with E-state index in [1.165, 1.54) is 4.90 Å². The van der Waals surface area contributed by atoms with Crippen LogP contribution in [0.3, 0.4) is 0 Å². The van der Waals surface area contributed by atoms with Gasteiger partial charge < -0.3 is 24.2 Å². The number of esters is 3. The number of aliphatic imine (C=N–C) groups is 1. The maximum Gasteiger partial charge on any atom is 0.344 e. The largest absolute Gasteiger partial charge is 0.506 e. The lowest BCUT2D eigenvalue weighted by Gasteiger charge is -2.27. The predicted octanol–water partition coefficient (Wildman–Crippen LogP) is 6.19. The van der Waals surface area contributed by atoms with Gasteiger partial charge in [-0.2, -0.15) is 0 Å². The van der Waals surface area contributed by atoms with Crippen molar-refractivity contribution in [3.63, 3.8) is 0 Å². The van der Waals surface area contributed by atoms with E-state index in [2.05, 4.69) is 4.99 Å². The second kappa shape index (κ2) is 14.9. The predicted molar refractivity (Wildman–Crippen MR) is 172 cm³/mol. The van der Waals surface area contributed by atoms with E-state index in [-0.39, 0.29) is 53.5 Å². The molecule has 2 aromatic rings. The number of aliphatic hydroxyl groups excluding tert-OH is 1. The first kappa shape index (κ1) is 32.4. The van der Waals surface area contributed by atoms with Crippen LogP contribution in [0.1, 0.15) is 90.6 Å². The van der Waals surface area contributed by atoms with Gasteiger partial charge in [-0.1, -0.05) is 48.9 Å². The molecule has 0 saturated carbocycles. The molecule has 0 spiro atoms. The van der Waals surface area contributed by atoms with Crippen LogP contribution in [0.15, 0.2) is 76.4 Å². The van der Waals surface area contributed by atoms with E-state index in [4.69, 9.17) is 14.2 Å². The number of allylic oxidation sites excluding steroid dienone is 1. The number of carbonyl (C=O) groups excluding carboxylic acids is 4. The molecule has 3 heterocycles. The topological polar surface area (TPSA) is 132 Å². The van der Waals surface area contributed by atoms with E-state index in [9.17, 15) is 24.3 Å². The number of hydrogen-bond donors (Lipinski definition) is 1. The van der Waals surface area contributed by atoms with Crippen molar-refractivity contribution in [1.82, 2.24) is 4.90 Å². The van der Waals surface area contributed by atoms with E-state index in [0.717, 1.165) is 25.7 Å². The molecule has 10 nitrogen and oxygen atoms in total. The first-order chi connectivity index (χ1) is 22.4. The lowest BCUT2D eigenvalue weighted by Crippen LogP contribution is -2.34. The fourth-order valence-corrected chi connectivity index (χ4v) is 5.88. The summed E-state index contributed by atoms with van der Waals surface area (Å²) >= 11 is 0. The standard InChI is InChI=1S/C36H38N2O8/c1-3-44-35(42)29(27-19-7-5-13-21-37-27)31(39)23-15-9-11-17-25(23)33(40)38-22-14-6-8-20-28(38)30(36(43)45-4-2)32-24-16-10-12-18-26(24)34(41)46-32/h9-12,15-18,20,39H,3-8,13-14,19,21-22H2,1-2H3/b31-29-,32-30+. The second-order valence-corrected chi connectivity index (χ2v) is 11.0. The van der Waals surface area contributed by atoms with Crippen LogP contribution in [-0.2, 0) is 23.8 Å². The summed E-state index contributed by atoms with van der Waals surface area (Å²) < 4.78 is 16.4. The van der Waals surface area contributed by atoms with Crippen LogP contribution in [0.4, 0.5) is 0 Å². The quantitative estimate of drug-likeness (QED) is 0.159. The SMILES string of the molecule is CCOC(=O)/C(C1=NCCCCC1)=C(\O)c1ccccc1C(=O)N1CCCCC=C1/C(C(=O)OCC)=C1\OC(=O)c2ccccc21. The van der Waals surface area contributed by atoms with Crippen LogP contribution in [0, 0.1) is 0 Å². The summed E-state index contributed by atoms with van der Waals surface area (Å²) in [6.45, 7) is 4.28. The molecule has 0 bridgehead atoms. The molecular formula is C36H38N2O8. The summed E-state index contributed by atoms with van der Waals surface area (Å²) in [6, 6.07) is 13.2. The maximum absolute atomic E-state index is 14.6. The third-order valence-corrected chi connectivity index (χ3v) is 8.05. The Hall–Kier alpha value is -4.99. The van der Waals surface area contributed by atoms with Crippen LogP contribution in [0.25, 0.3) is 11.5 Å². The summed E-state index contributed by atoms with van der Waals surface area (Å²) in [6.07, 6.45) is 6.82. The van der Waals surface area contributed by atoms with Crippen molar-refractivity contribution in [1.29, 1.82) is 0 Å². The Morgan fingerprint density at radius 3 is 2.33 bits per heavy atom. The van der Waals surface area contributed by atoms with Gasteiger partial charge in [0, 0.05) is 24.2 Å². The molecule has 0 atom stereocenters. The molecule has 2 aromatic carbocycles. The van der Waals surface area contributed by atoms with E-state index < -0.39 is 29.6 Å². The first-order valence-electron chi connectivity index (χ1n) is 15.9.